The normalized spacial score (nSPS) is 12.9. The monoisotopic (exact) mass is 400 g/mol. The van der Waals surface area contributed by atoms with Gasteiger partial charge in [-0.3, -0.25) is 0 Å². The van der Waals surface area contributed by atoms with Gasteiger partial charge in [-0.25, -0.2) is 0 Å². The summed E-state index contributed by atoms with van der Waals surface area (Å²) in [6.07, 6.45) is 13.6. The molecule has 2 N–H and O–H groups in total. The molecule has 0 saturated carbocycles. The van der Waals surface area contributed by atoms with Crippen LogP contribution in [-0.4, -0.2) is 9.97 Å². The molecule has 0 spiro atoms. The number of benzene rings is 1. The highest BCUT2D eigenvalue weighted by Gasteiger charge is 2.14. The Bertz CT molecular complexity index is 939. The van der Waals surface area contributed by atoms with Crippen molar-refractivity contribution in [1.29, 1.82) is 0 Å². The SMILES string of the molecule is CCCCC(C#Cc1c2cc[nH]c2c(C#CC(CC)CCCC)c2cc[nH]c12)CC. The van der Waals surface area contributed by atoms with Crippen LogP contribution in [0.25, 0.3) is 21.8 Å². The maximum Gasteiger partial charge on any atom is 0.0633 e. The van der Waals surface area contributed by atoms with Crippen molar-refractivity contribution >= 4 is 21.8 Å². The number of hydrogen-bond acceptors (Lipinski definition) is 0. The van der Waals surface area contributed by atoms with E-state index in [1.807, 2.05) is 12.4 Å². The summed E-state index contributed by atoms with van der Waals surface area (Å²) in [5.74, 6) is 15.2. The third-order valence-electron chi connectivity index (χ3n) is 6.13. The zero-order valence-electron chi connectivity index (χ0n) is 19.1. The van der Waals surface area contributed by atoms with E-state index in [4.69, 9.17) is 0 Å². The first-order chi connectivity index (χ1) is 14.7. The number of unbranched alkanes of at least 4 members (excludes halogenated alkanes) is 2. The Morgan fingerprint density at radius 3 is 1.50 bits per heavy atom. The van der Waals surface area contributed by atoms with Gasteiger partial charge < -0.3 is 9.97 Å². The lowest BCUT2D eigenvalue weighted by Gasteiger charge is -2.08. The molecule has 30 heavy (non-hydrogen) atoms. The van der Waals surface area contributed by atoms with Gasteiger partial charge >= 0.3 is 0 Å². The molecule has 0 amide bonds. The Hall–Kier alpha value is -2.58. The van der Waals surface area contributed by atoms with Gasteiger partial charge in [0.15, 0.2) is 0 Å². The molecule has 158 valence electrons. The van der Waals surface area contributed by atoms with E-state index in [2.05, 4.69) is 73.5 Å². The molecule has 0 bridgehead atoms. The summed E-state index contributed by atoms with van der Waals surface area (Å²) in [5.41, 5.74) is 4.44. The van der Waals surface area contributed by atoms with Crippen molar-refractivity contribution in [3.8, 4) is 23.7 Å². The van der Waals surface area contributed by atoms with Crippen LogP contribution in [0.3, 0.4) is 0 Å². The first kappa shape index (κ1) is 22.1. The number of hydrogen-bond donors (Lipinski definition) is 2. The summed E-state index contributed by atoms with van der Waals surface area (Å²) in [6.45, 7) is 8.98. The molecule has 0 aliphatic rings. The molecule has 1 aromatic carbocycles. The predicted molar refractivity (Wildman–Crippen MR) is 131 cm³/mol. The molecule has 0 aliphatic heterocycles. The van der Waals surface area contributed by atoms with Crippen LogP contribution in [0, 0.1) is 35.5 Å². The maximum absolute atomic E-state index is 3.57. The van der Waals surface area contributed by atoms with Gasteiger partial charge in [0.2, 0.25) is 0 Å². The summed E-state index contributed by atoms with van der Waals surface area (Å²) in [7, 11) is 0. The van der Waals surface area contributed by atoms with E-state index in [0.29, 0.717) is 11.8 Å². The first-order valence-corrected chi connectivity index (χ1v) is 11.9. The quantitative estimate of drug-likeness (QED) is 0.362. The van der Waals surface area contributed by atoms with Gasteiger partial charge in [0.1, 0.15) is 0 Å². The van der Waals surface area contributed by atoms with Crippen LogP contribution in [0.4, 0.5) is 0 Å². The fourth-order valence-corrected chi connectivity index (χ4v) is 4.10. The fourth-order valence-electron chi connectivity index (χ4n) is 4.10. The number of aromatic nitrogens is 2. The molecule has 2 nitrogen and oxygen atoms in total. The topological polar surface area (TPSA) is 31.6 Å². The number of fused-ring (bicyclic) bond motifs is 2. The molecular weight excluding hydrogens is 364 g/mol. The lowest BCUT2D eigenvalue weighted by molar-refractivity contribution is 0.556. The zero-order chi connectivity index (χ0) is 21.3. The molecule has 0 radical (unpaired) electrons. The number of rotatable bonds is 8. The average Bonchev–Trinajstić information content (AvgIpc) is 3.44. The van der Waals surface area contributed by atoms with Gasteiger partial charge in [-0.2, -0.15) is 0 Å². The molecule has 0 saturated heterocycles. The fraction of sp³-hybridized carbons (Fsp3) is 0.500. The minimum Gasteiger partial charge on any atom is -0.360 e. The second-order valence-electron chi connectivity index (χ2n) is 8.32. The van der Waals surface area contributed by atoms with Gasteiger partial charge in [-0.1, -0.05) is 77.1 Å². The van der Waals surface area contributed by atoms with Crippen molar-refractivity contribution in [3.05, 3.63) is 35.7 Å². The summed E-state index contributed by atoms with van der Waals surface area (Å²) in [6, 6.07) is 4.29. The van der Waals surface area contributed by atoms with Crippen molar-refractivity contribution in [3.63, 3.8) is 0 Å². The minimum absolute atomic E-state index is 0.465. The molecule has 2 heteroatoms. The van der Waals surface area contributed by atoms with Crippen molar-refractivity contribution in [2.45, 2.75) is 79.1 Å². The van der Waals surface area contributed by atoms with Crippen LogP contribution < -0.4 is 0 Å². The van der Waals surface area contributed by atoms with E-state index in [0.717, 1.165) is 35.0 Å². The Balaban J connectivity index is 2.06. The number of H-pyrrole nitrogens is 2. The zero-order valence-corrected chi connectivity index (χ0v) is 19.1. The van der Waals surface area contributed by atoms with Crippen LogP contribution >= 0.6 is 0 Å². The molecule has 3 rings (SSSR count). The van der Waals surface area contributed by atoms with Crippen LogP contribution in [-0.2, 0) is 0 Å². The largest absolute Gasteiger partial charge is 0.360 e. The highest BCUT2D eigenvalue weighted by molar-refractivity contribution is 6.07. The van der Waals surface area contributed by atoms with Crippen LogP contribution in [0.2, 0.25) is 0 Å². The number of aromatic amines is 2. The standard InChI is InChI=1S/C28H36N2/c1-5-9-11-21(7-3)13-15-23-25-17-19-30-28(25)24(26-18-20-29-27(23)26)16-14-22(8-4)12-10-6-2/h17-22,29-30H,5-12H2,1-4H3. The molecule has 2 aromatic heterocycles. The Kier molecular flexibility index (Phi) is 8.10. The molecule has 0 fully saturated rings. The van der Waals surface area contributed by atoms with Crippen molar-refractivity contribution < 1.29 is 0 Å². The highest BCUT2D eigenvalue weighted by Crippen LogP contribution is 2.31. The van der Waals surface area contributed by atoms with Gasteiger partial charge in [0.05, 0.1) is 22.2 Å². The third kappa shape index (κ3) is 4.94. The van der Waals surface area contributed by atoms with Crippen molar-refractivity contribution in [2.24, 2.45) is 11.8 Å². The lowest BCUT2D eigenvalue weighted by atomic mass is 9.96. The Morgan fingerprint density at radius 1 is 0.700 bits per heavy atom. The van der Waals surface area contributed by atoms with Gasteiger partial charge in [0.25, 0.3) is 0 Å². The van der Waals surface area contributed by atoms with E-state index in [1.165, 1.54) is 49.3 Å². The highest BCUT2D eigenvalue weighted by atomic mass is 14.7. The second kappa shape index (κ2) is 11.0. The second-order valence-corrected chi connectivity index (χ2v) is 8.32. The van der Waals surface area contributed by atoms with E-state index in [9.17, 15) is 0 Å². The van der Waals surface area contributed by atoms with Crippen LogP contribution in [0.15, 0.2) is 24.5 Å². The molecule has 2 unspecified atom stereocenters. The first-order valence-electron chi connectivity index (χ1n) is 11.9. The predicted octanol–water partition coefficient (Wildman–Crippen LogP) is 7.79. The maximum atomic E-state index is 3.57. The van der Waals surface area contributed by atoms with Crippen LogP contribution in [0.1, 0.15) is 90.2 Å². The van der Waals surface area contributed by atoms with E-state index in [-0.39, 0.29) is 0 Å². The summed E-state index contributed by atoms with van der Waals surface area (Å²) in [5, 5.41) is 2.35. The average molecular weight is 401 g/mol. The lowest BCUT2D eigenvalue weighted by Crippen LogP contribution is -1.96. The van der Waals surface area contributed by atoms with Crippen LogP contribution in [0.5, 0.6) is 0 Å². The molecule has 2 heterocycles. The Labute approximate surface area is 182 Å². The molecule has 3 aromatic rings. The summed E-state index contributed by atoms with van der Waals surface area (Å²) < 4.78 is 0. The van der Waals surface area contributed by atoms with Gasteiger partial charge in [-0.05, 0) is 37.8 Å². The van der Waals surface area contributed by atoms with Crippen molar-refractivity contribution in [1.82, 2.24) is 9.97 Å². The molecule has 0 aliphatic carbocycles. The molecule has 2 atom stereocenters. The smallest absolute Gasteiger partial charge is 0.0633 e. The van der Waals surface area contributed by atoms with Crippen molar-refractivity contribution in [2.75, 3.05) is 0 Å². The van der Waals surface area contributed by atoms with Gasteiger partial charge in [0, 0.05) is 35.0 Å². The van der Waals surface area contributed by atoms with E-state index >= 15 is 0 Å². The third-order valence-corrected chi connectivity index (χ3v) is 6.13. The minimum atomic E-state index is 0.465. The molecular formula is C28H36N2. The summed E-state index contributed by atoms with van der Waals surface area (Å²) in [4.78, 5) is 6.89. The Morgan fingerprint density at radius 2 is 1.13 bits per heavy atom. The van der Waals surface area contributed by atoms with E-state index in [1.54, 1.807) is 0 Å². The van der Waals surface area contributed by atoms with E-state index < -0.39 is 0 Å². The summed E-state index contributed by atoms with van der Waals surface area (Å²) >= 11 is 0. The number of nitrogens with one attached hydrogen (secondary N) is 2. The van der Waals surface area contributed by atoms with Gasteiger partial charge in [-0.15, -0.1) is 0 Å².